The largest absolute Gasteiger partial charge is 0.497 e. The number of carbonyl (C=O) groups excluding carboxylic acids is 1. The van der Waals surface area contributed by atoms with Crippen LogP contribution in [0.1, 0.15) is 12.0 Å². The molecule has 0 saturated heterocycles. The Morgan fingerprint density at radius 3 is 2.29 bits per heavy atom. The van der Waals surface area contributed by atoms with Gasteiger partial charge in [0.05, 0.1) is 13.7 Å². The van der Waals surface area contributed by atoms with E-state index in [9.17, 15) is 4.79 Å². The zero-order valence-corrected chi connectivity index (χ0v) is 14.2. The molecule has 5 heteroatoms. The van der Waals surface area contributed by atoms with Crippen molar-refractivity contribution in [2.45, 2.75) is 13.3 Å². The van der Waals surface area contributed by atoms with Crippen molar-refractivity contribution in [3.8, 4) is 11.5 Å². The summed E-state index contributed by atoms with van der Waals surface area (Å²) in [4.78, 5) is 11.8. The number of amides is 1. The molecule has 5 nitrogen and oxygen atoms in total. The first-order valence-electron chi connectivity index (χ1n) is 8.01. The number of anilines is 1. The summed E-state index contributed by atoms with van der Waals surface area (Å²) in [5.41, 5.74) is 2.24. The fourth-order valence-corrected chi connectivity index (χ4v) is 2.11. The molecule has 0 bridgehead atoms. The molecular weight excluding hydrogens is 304 g/mol. The minimum Gasteiger partial charge on any atom is -0.497 e. The van der Waals surface area contributed by atoms with E-state index in [-0.39, 0.29) is 5.91 Å². The number of hydrogen-bond donors (Lipinski definition) is 2. The lowest BCUT2D eigenvalue weighted by Crippen LogP contribution is -2.29. The van der Waals surface area contributed by atoms with Crippen LogP contribution in [0.5, 0.6) is 11.5 Å². The Bertz CT molecular complexity index is 624. The predicted octanol–water partition coefficient (Wildman–Crippen LogP) is 3.00. The van der Waals surface area contributed by atoms with Crippen LogP contribution in [0.4, 0.5) is 5.69 Å². The lowest BCUT2D eigenvalue weighted by atomic mass is 10.2. The third-order valence-corrected chi connectivity index (χ3v) is 3.49. The summed E-state index contributed by atoms with van der Waals surface area (Å²) in [6, 6.07) is 15.5. The first kappa shape index (κ1) is 17.7. The highest BCUT2D eigenvalue weighted by Crippen LogP contribution is 2.16. The number of rotatable bonds is 9. The zero-order chi connectivity index (χ0) is 17.2. The molecular formula is C19H24N2O3. The molecule has 2 N–H and O–H groups in total. The van der Waals surface area contributed by atoms with Gasteiger partial charge in [-0.1, -0.05) is 17.7 Å². The average Bonchev–Trinajstić information content (AvgIpc) is 2.61. The van der Waals surface area contributed by atoms with Crippen molar-refractivity contribution in [1.82, 2.24) is 5.32 Å². The van der Waals surface area contributed by atoms with Crippen LogP contribution in [0.3, 0.4) is 0 Å². The molecule has 0 unspecified atom stereocenters. The van der Waals surface area contributed by atoms with Gasteiger partial charge in [0.25, 0.3) is 0 Å². The number of ether oxygens (including phenoxy) is 2. The maximum Gasteiger partial charge on any atom is 0.221 e. The molecule has 2 aromatic rings. The summed E-state index contributed by atoms with van der Waals surface area (Å²) >= 11 is 0. The van der Waals surface area contributed by atoms with Crippen LogP contribution in [-0.2, 0) is 4.79 Å². The van der Waals surface area contributed by atoms with Gasteiger partial charge in [-0.25, -0.2) is 0 Å². The molecule has 0 spiro atoms. The highest BCUT2D eigenvalue weighted by Gasteiger charge is 2.01. The first-order chi connectivity index (χ1) is 11.7. The van der Waals surface area contributed by atoms with Crippen molar-refractivity contribution in [3.05, 3.63) is 54.1 Å². The Kier molecular flexibility index (Phi) is 6.95. The van der Waals surface area contributed by atoms with Crippen molar-refractivity contribution in [1.29, 1.82) is 0 Å². The normalized spacial score (nSPS) is 10.1. The second-order valence-electron chi connectivity index (χ2n) is 5.42. The van der Waals surface area contributed by atoms with Gasteiger partial charge in [0.15, 0.2) is 0 Å². The second-order valence-corrected chi connectivity index (χ2v) is 5.42. The van der Waals surface area contributed by atoms with Crippen molar-refractivity contribution in [2.75, 3.05) is 32.1 Å². The van der Waals surface area contributed by atoms with Gasteiger partial charge in [-0.2, -0.15) is 0 Å². The van der Waals surface area contributed by atoms with Gasteiger partial charge in [-0.3, -0.25) is 4.79 Å². The van der Waals surface area contributed by atoms with Crippen LogP contribution in [0.15, 0.2) is 48.5 Å². The van der Waals surface area contributed by atoms with Crippen LogP contribution in [0.2, 0.25) is 0 Å². The minimum atomic E-state index is 0.00735. The zero-order valence-electron chi connectivity index (χ0n) is 14.2. The molecule has 1 amide bonds. The van der Waals surface area contributed by atoms with Crippen molar-refractivity contribution >= 4 is 11.6 Å². The van der Waals surface area contributed by atoms with Gasteiger partial charge in [0.1, 0.15) is 18.1 Å². The van der Waals surface area contributed by atoms with Gasteiger partial charge < -0.3 is 20.1 Å². The Hall–Kier alpha value is -2.69. The lowest BCUT2D eigenvalue weighted by Gasteiger charge is -2.09. The Morgan fingerprint density at radius 1 is 0.958 bits per heavy atom. The van der Waals surface area contributed by atoms with Crippen molar-refractivity contribution in [3.63, 3.8) is 0 Å². The van der Waals surface area contributed by atoms with Crippen LogP contribution < -0.4 is 20.1 Å². The van der Waals surface area contributed by atoms with E-state index in [0.717, 1.165) is 17.2 Å². The fourth-order valence-electron chi connectivity index (χ4n) is 2.11. The quantitative estimate of drug-likeness (QED) is 0.695. The third kappa shape index (κ3) is 6.20. The Labute approximate surface area is 143 Å². The number of nitrogens with one attached hydrogen (secondary N) is 2. The Balaban J connectivity index is 1.56. The van der Waals surface area contributed by atoms with E-state index in [4.69, 9.17) is 9.47 Å². The van der Waals surface area contributed by atoms with Crippen LogP contribution in [0.25, 0.3) is 0 Å². The SMILES string of the molecule is COc1ccc(OCCNC(=O)CCNc2ccc(C)cc2)cc1. The van der Waals surface area contributed by atoms with Gasteiger partial charge in [0, 0.05) is 18.7 Å². The summed E-state index contributed by atoms with van der Waals surface area (Å²) < 4.78 is 10.6. The van der Waals surface area contributed by atoms with Crippen LogP contribution >= 0.6 is 0 Å². The molecule has 0 heterocycles. The minimum absolute atomic E-state index is 0.00735. The number of benzene rings is 2. The van der Waals surface area contributed by atoms with Crippen molar-refractivity contribution in [2.24, 2.45) is 0 Å². The lowest BCUT2D eigenvalue weighted by molar-refractivity contribution is -0.120. The molecule has 0 aliphatic carbocycles. The summed E-state index contributed by atoms with van der Waals surface area (Å²) in [6.45, 7) is 3.57. The maximum absolute atomic E-state index is 11.8. The third-order valence-electron chi connectivity index (χ3n) is 3.49. The van der Waals surface area contributed by atoms with E-state index >= 15 is 0 Å². The van der Waals surface area contributed by atoms with Gasteiger partial charge in [-0.05, 0) is 43.3 Å². The van der Waals surface area contributed by atoms with E-state index in [1.807, 2.05) is 55.5 Å². The molecule has 0 atom stereocenters. The summed E-state index contributed by atoms with van der Waals surface area (Å²) in [6.07, 6.45) is 0.427. The highest BCUT2D eigenvalue weighted by atomic mass is 16.5. The molecule has 0 aromatic heterocycles. The Morgan fingerprint density at radius 2 is 1.62 bits per heavy atom. The second kappa shape index (κ2) is 9.45. The average molecular weight is 328 g/mol. The first-order valence-corrected chi connectivity index (χ1v) is 8.01. The number of hydrogen-bond acceptors (Lipinski definition) is 4. The van der Waals surface area contributed by atoms with E-state index in [0.29, 0.717) is 26.1 Å². The number of carbonyl (C=O) groups is 1. The predicted molar refractivity (Wildman–Crippen MR) is 95.8 cm³/mol. The molecule has 24 heavy (non-hydrogen) atoms. The van der Waals surface area contributed by atoms with E-state index < -0.39 is 0 Å². The molecule has 0 fully saturated rings. The monoisotopic (exact) mass is 328 g/mol. The number of aryl methyl sites for hydroxylation is 1. The number of methoxy groups -OCH3 is 1. The summed E-state index contributed by atoms with van der Waals surface area (Å²) in [5.74, 6) is 1.55. The van der Waals surface area contributed by atoms with E-state index in [1.54, 1.807) is 7.11 Å². The molecule has 128 valence electrons. The van der Waals surface area contributed by atoms with E-state index in [2.05, 4.69) is 10.6 Å². The van der Waals surface area contributed by atoms with Crippen molar-refractivity contribution < 1.29 is 14.3 Å². The molecule has 0 radical (unpaired) electrons. The fraction of sp³-hybridized carbons (Fsp3) is 0.316. The molecule has 2 aromatic carbocycles. The van der Waals surface area contributed by atoms with Gasteiger partial charge in [-0.15, -0.1) is 0 Å². The van der Waals surface area contributed by atoms with Crippen LogP contribution in [0, 0.1) is 6.92 Å². The molecule has 0 aliphatic rings. The topological polar surface area (TPSA) is 59.6 Å². The van der Waals surface area contributed by atoms with Gasteiger partial charge >= 0.3 is 0 Å². The molecule has 0 aliphatic heterocycles. The summed E-state index contributed by atoms with van der Waals surface area (Å²) in [5, 5.41) is 6.07. The smallest absolute Gasteiger partial charge is 0.221 e. The highest BCUT2D eigenvalue weighted by molar-refractivity contribution is 5.76. The maximum atomic E-state index is 11.8. The van der Waals surface area contributed by atoms with Gasteiger partial charge in [0.2, 0.25) is 5.91 Å². The van der Waals surface area contributed by atoms with Crippen LogP contribution in [-0.4, -0.2) is 32.7 Å². The summed E-state index contributed by atoms with van der Waals surface area (Å²) in [7, 11) is 1.62. The standard InChI is InChI=1S/C19H24N2O3/c1-15-3-5-16(6-4-15)20-12-11-19(22)21-13-14-24-18-9-7-17(23-2)8-10-18/h3-10,20H,11-14H2,1-2H3,(H,21,22). The van der Waals surface area contributed by atoms with E-state index in [1.165, 1.54) is 5.56 Å². The molecule has 2 rings (SSSR count). The molecule has 0 saturated carbocycles.